The molecule has 0 aliphatic carbocycles. The van der Waals surface area contributed by atoms with Gasteiger partial charge in [0.05, 0.1) is 6.54 Å². The summed E-state index contributed by atoms with van der Waals surface area (Å²) in [6.07, 6.45) is 26.4. The van der Waals surface area contributed by atoms with Gasteiger partial charge in [0.2, 0.25) is 6.33 Å². The minimum Gasteiger partial charge on any atom is -0.236 e. The van der Waals surface area contributed by atoms with Crippen LogP contribution in [0.25, 0.3) is 5.69 Å². The number of imidazole rings is 1. The first-order chi connectivity index (χ1) is 13.4. The second-order valence-corrected chi connectivity index (χ2v) is 7.99. The van der Waals surface area contributed by atoms with Gasteiger partial charge >= 0.3 is 0 Å². The van der Waals surface area contributed by atoms with E-state index in [-0.39, 0.29) is 0 Å². The smallest absolute Gasteiger partial charge is 0.236 e. The van der Waals surface area contributed by atoms with Crippen LogP contribution in [-0.2, 0) is 6.54 Å². The number of benzene rings is 1. The molecule has 0 unspecified atom stereocenters. The molecule has 0 atom stereocenters. The highest BCUT2D eigenvalue weighted by Gasteiger charge is 2.05. The average molecular weight is 370 g/mol. The molecule has 1 aromatic carbocycles. The van der Waals surface area contributed by atoms with Crippen molar-refractivity contribution in [3.05, 3.63) is 49.1 Å². The number of aryl methyl sites for hydroxylation is 1. The summed E-state index contributed by atoms with van der Waals surface area (Å²) >= 11 is 0. The van der Waals surface area contributed by atoms with Gasteiger partial charge in [-0.3, -0.25) is 0 Å². The highest BCUT2D eigenvalue weighted by Crippen LogP contribution is 2.13. The summed E-state index contributed by atoms with van der Waals surface area (Å²) in [4.78, 5) is 0. The molecule has 0 radical (unpaired) electrons. The Labute approximate surface area is 167 Å². The second-order valence-electron chi connectivity index (χ2n) is 7.99. The molecule has 0 aliphatic rings. The van der Waals surface area contributed by atoms with Crippen molar-refractivity contribution in [2.45, 2.75) is 103 Å². The first-order valence-electron chi connectivity index (χ1n) is 11.5. The highest BCUT2D eigenvalue weighted by atomic mass is 15.1. The van der Waals surface area contributed by atoms with Gasteiger partial charge in [0.1, 0.15) is 18.1 Å². The second kappa shape index (κ2) is 14.5. The Balaban J connectivity index is 1.39. The van der Waals surface area contributed by atoms with Crippen LogP contribution in [0.1, 0.15) is 96.8 Å². The van der Waals surface area contributed by atoms with Crippen LogP contribution in [-0.4, -0.2) is 4.57 Å². The molecular formula is C25H41N2+. The van der Waals surface area contributed by atoms with Gasteiger partial charge in [-0.15, -0.1) is 0 Å². The quantitative estimate of drug-likeness (QED) is 0.218. The number of nitrogens with zero attached hydrogens (tertiary/aromatic N) is 2. The Hall–Kier alpha value is -1.57. The molecule has 27 heavy (non-hydrogen) atoms. The maximum Gasteiger partial charge on any atom is 0.248 e. The van der Waals surface area contributed by atoms with E-state index in [2.05, 4.69) is 65.1 Å². The summed E-state index contributed by atoms with van der Waals surface area (Å²) in [6.45, 7) is 3.43. The van der Waals surface area contributed by atoms with Gasteiger partial charge in [0, 0.05) is 0 Å². The molecule has 150 valence electrons. The van der Waals surface area contributed by atoms with Crippen molar-refractivity contribution in [1.82, 2.24) is 4.57 Å². The first kappa shape index (κ1) is 21.7. The lowest BCUT2D eigenvalue weighted by atomic mass is 10.0. The van der Waals surface area contributed by atoms with Crippen LogP contribution in [0.5, 0.6) is 0 Å². The molecule has 0 saturated carbocycles. The largest absolute Gasteiger partial charge is 0.248 e. The van der Waals surface area contributed by atoms with Crippen LogP contribution in [0, 0.1) is 0 Å². The number of hydrogen-bond acceptors (Lipinski definition) is 0. The fourth-order valence-electron chi connectivity index (χ4n) is 3.77. The summed E-state index contributed by atoms with van der Waals surface area (Å²) in [5.41, 5.74) is 1.23. The summed E-state index contributed by atoms with van der Waals surface area (Å²) in [6, 6.07) is 10.5. The van der Waals surface area contributed by atoms with E-state index in [0.29, 0.717) is 0 Å². The fraction of sp³-hybridized carbons (Fsp3) is 0.640. The van der Waals surface area contributed by atoms with Crippen molar-refractivity contribution in [3.63, 3.8) is 0 Å². The first-order valence-corrected chi connectivity index (χ1v) is 11.5. The Morgan fingerprint density at radius 1 is 0.667 bits per heavy atom. The zero-order valence-electron chi connectivity index (χ0n) is 17.6. The molecule has 2 aromatic rings. The molecule has 1 aromatic heterocycles. The monoisotopic (exact) mass is 369 g/mol. The van der Waals surface area contributed by atoms with Gasteiger partial charge in [0.15, 0.2) is 0 Å². The lowest BCUT2D eigenvalue weighted by Crippen LogP contribution is -2.30. The maximum atomic E-state index is 2.31. The standard InChI is InChI=1S/C25H41N2/c1-2-3-4-5-6-7-8-9-10-11-12-13-14-18-21-26-22-23-27(24-26)25-19-16-15-17-20-25/h15-17,19-20,22-24H,2-14,18,21H2,1H3/q+1. The molecule has 2 heteroatoms. The Morgan fingerprint density at radius 2 is 1.19 bits per heavy atom. The summed E-state index contributed by atoms with van der Waals surface area (Å²) in [5, 5.41) is 0. The van der Waals surface area contributed by atoms with Crippen LogP contribution >= 0.6 is 0 Å². The molecule has 0 spiro atoms. The van der Waals surface area contributed by atoms with E-state index in [1.807, 2.05) is 0 Å². The normalized spacial score (nSPS) is 11.1. The maximum absolute atomic E-state index is 2.31. The SMILES string of the molecule is CCCCCCCCCCCCCCCC[n+]1ccn(-c2ccccc2)c1. The minimum absolute atomic E-state index is 1.14. The molecule has 0 saturated heterocycles. The average Bonchev–Trinajstić information content (AvgIpc) is 3.18. The molecule has 0 fully saturated rings. The third kappa shape index (κ3) is 9.79. The third-order valence-electron chi connectivity index (χ3n) is 5.52. The number of aromatic nitrogens is 2. The van der Waals surface area contributed by atoms with Gasteiger partial charge in [-0.25, -0.2) is 9.13 Å². The summed E-state index contributed by atoms with van der Waals surface area (Å²) in [5.74, 6) is 0. The predicted octanol–water partition coefficient (Wildman–Crippen LogP) is 7.25. The molecule has 1 heterocycles. The van der Waals surface area contributed by atoms with Crippen molar-refractivity contribution in [2.75, 3.05) is 0 Å². The number of rotatable bonds is 16. The molecule has 0 N–H and O–H groups in total. The van der Waals surface area contributed by atoms with Crippen LogP contribution in [0.4, 0.5) is 0 Å². The molecule has 0 amide bonds. The van der Waals surface area contributed by atoms with Crippen molar-refractivity contribution < 1.29 is 4.57 Å². The van der Waals surface area contributed by atoms with E-state index in [4.69, 9.17) is 0 Å². The van der Waals surface area contributed by atoms with Gasteiger partial charge < -0.3 is 0 Å². The molecule has 0 bridgehead atoms. The number of unbranched alkanes of at least 4 members (excludes halogenated alkanes) is 13. The lowest BCUT2D eigenvalue weighted by molar-refractivity contribution is -0.696. The summed E-state index contributed by atoms with van der Waals surface area (Å²) < 4.78 is 4.51. The summed E-state index contributed by atoms with van der Waals surface area (Å²) in [7, 11) is 0. The minimum atomic E-state index is 1.14. The van der Waals surface area contributed by atoms with Crippen molar-refractivity contribution in [2.24, 2.45) is 0 Å². The van der Waals surface area contributed by atoms with Crippen molar-refractivity contribution in [3.8, 4) is 5.69 Å². The van der Waals surface area contributed by atoms with E-state index in [1.54, 1.807) is 0 Å². The Kier molecular flexibility index (Phi) is 11.7. The third-order valence-corrected chi connectivity index (χ3v) is 5.52. The van der Waals surface area contributed by atoms with Crippen LogP contribution in [0.2, 0.25) is 0 Å². The topological polar surface area (TPSA) is 8.81 Å². The van der Waals surface area contributed by atoms with Crippen molar-refractivity contribution in [1.29, 1.82) is 0 Å². The van der Waals surface area contributed by atoms with Crippen LogP contribution in [0.3, 0.4) is 0 Å². The van der Waals surface area contributed by atoms with Gasteiger partial charge in [-0.2, -0.15) is 0 Å². The van der Waals surface area contributed by atoms with Gasteiger partial charge in [-0.1, -0.05) is 102 Å². The number of para-hydroxylation sites is 1. The van der Waals surface area contributed by atoms with E-state index in [1.165, 1.54) is 95.6 Å². The zero-order valence-corrected chi connectivity index (χ0v) is 17.6. The molecular weight excluding hydrogens is 328 g/mol. The van der Waals surface area contributed by atoms with E-state index < -0.39 is 0 Å². The van der Waals surface area contributed by atoms with E-state index >= 15 is 0 Å². The highest BCUT2D eigenvalue weighted by molar-refractivity contribution is 5.30. The molecule has 0 aliphatic heterocycles. The predicted molar refractivity (Wildman–Crippen MR) is 116 cm³/mol. The zero-order chi connectivity index (χ0) is 19.0. The van der Waals surface area contributed by atoms with Gasteiger partial charge in [0.25, 0.3) is 0 Å². The number of hydrogen-bond donors (Lipinski definition) is 0. The van der Waals surface area contributed by atoms with Crippen molar-refractivity contribution >= 4 is 0 Å². The Morgan fingerprint density at radius 3 is 1.74 bits per heavy atom. The fourth-order valence-corrected chi connectivity index (χ4v) is 3.77. The van der Waals surface area contributed by atoms with Crippen LogP contribution in [0.15, 0.2) is 49.1 Å². The van der Waals surface area contributed by atoms with E-state index in [9.17, 15) is 0 Å². The molecule has 2 nitrogen and oxygen atoms in total. The molecule has 2 rings (SSSR count). The van der Waals surface area contributed by atoms with Crippen LogP contribution < -0.4 is 4.57 Å². The van der Waals surface area contributed by atoms with E-state index in [0.717, 1.165) is 6.54 Å². The van der Waals surface area contributed by atoms with Gasteiger partial charge in [-0.05, 0) is 25.0 Å². The lowest BCUT2D eigenvalue weighted by Gasteiger charge is -2.03. The Bertz CT molecular complexity index is 573.